The van der Waals surface area contributed by atoms with Crippen molar-refractivity contribution in [2.24, 2.45) is 5.92 Å². The van der Waals surface area contributed by atoms with Gasteiger partial charge in [0.2, 0.25) is 11.8 Å². The minimum absolute atomic E-state index is 0.0478. The Hall–Kier alpha value is -1.91. The van der Waals surface area contributed by atoms with E-state index >= 15 is 0 Å². The van der Waals surface area contributed by atoms with Crippen molar-refractivity contribution < 1.29 is 9.59 Å². The molecule has 2 N–H and O–H groups in total. The fourth-order valence-corrected chi connectivity index (χ4v) is 1.46. The van der Waals surface area contributed by atoms with Crippen molar-refractivity contribution in [3.05, 3.63) is 17.8 Å². The van der Waals surface area contributed by atoms with Gasteiger partial charge in [-0.25, -0.2) is 4.98 Å². The molecule has 1 aromatic heterocycles. The first-order valence-corrected chi connectivity index (χ1v) is 6.51. The van der Waals surface area contributed by atoms with Gasteiger partial charge in [0, 0.05) is 12.3 Å². The Balaban J connectivity index is 2.74. The first-order valence-electron chi connectivity index (χ1n) is 6.51. The Bertz CT molecular complexity index is 470. The standard InChI is InChI=1S/C14H21N3O2/c1-5-6-13(18)17-12-7-10(4)11(8-15-12)16-14(19)9(2)3/h7-9H,5-6H2,1-4H3,(H,16,19)(H,15,17,18). The topological polar surface area (TPSA) is 71.1 Å². The fraction of sp³-hybridized carbons (Fsp3) is 0.500. The lowest BCUT2D eigenvalue weighted by molar-refractivity contribution is -0.119. The number of aryl methyl sites for hydroxylation is 1. The van der Waals surface area contributed by atoms with Crippen LogP contribution in [0.15, 0.2) is 12.3 Å². The van der Waals surface area contributed by atoms with Crippen molar-refractivity contribution in [2.75, 3.05) is 10.6 Å². The largest absolute Gasteiger partial charge is 0.324 e. The van der Waals surface area contributed by atoms with Gasteiger partial charge in [0.1, 0.15) is 5.82 Å². The molecule has 5 heteroatoms. The van der Waals surface area contributed by atoms with Crippen molar-refractivity contribution in [1.82, 2.24) is 4.98 Å². The summed E-state index contributed by atoms with van der Waals surface area (Å²) in [5.41, 5.74) is 1.54. The second-order valence-electron chi connectivity index (χ2n) is 4.83. The highest BCUT2D eigenvalue weighted by Gasteiger charge is 2.10. The zero-order chi connectivity index (χ0) is 14.4. The third-order valence-corrected chi connectivity index (χ3v) is 2.64. The maximum absolute atomic E-state index is 11.6. The molecular formula is C14H21N3O2. The Kier molecular flexibility index (Phi) is 5.48. The number of nitrogens with one attached hydrogen (secondary N) is 2. The second kappa shape index (κ2) is 6.87. The molecule has 0 radical (unpaired) electrons. The van der Waals surface area contributed by atoms with E-state index in [4.69, 9.17) is 0 Å². The highest BCUT2D eigenvalue weighted by atomic mass is 16.2. The summed E-state index contributed by atoms with van der Waals surface area (Å²) in [4.78, 5) is 27.2. The zero-order valence-corrected chi connectivity index (χ0v) is 11.9. The van der Waals surface area contributed by atoms with Crippen LogP contribution in [0.2, 0.25) is 0 Å². The number of aromatic nitrogens is 1. The van der Waals surface area contributed by atoms with E-state index in [9.17, 15) is 9.59 Å². The molecule has 1 heterocycles. The number of hydrogen-bond acceptors (Lipinski definition) is 3. The summed E-state index contributed by atoms with van der Waals surface area (Å²) in [5.74, 6) is 0.336. The summed E-state index contributed by atoms with van der Waals surface area (Å²) >= 11 is 0. The number of rotatable bonds is 5. The maximum Gasteiger partial charge on any atom is 0.226 e. The molecule has 0 aliphatic heterocycles. The van der Waals surface area contributed by atoms with Gasteiger partial charge < -0.3 is 10.6 Å². The third kappa shape index (κ3) is 4.69. The summed E-state index contributed by atoms with van der Waals surface area (Å²) in [6, 6.07) is 1.75. The van der Waals surface area contributed by atoms with Gasteiger partial charge in [-0.3, -0.25) is 9.59 Å². The Morgan fingerprint density at radius 1 is 1.32 bits per heavy atom. The lowest BCUT2D eigenvalue weighted by Gasteiger charge is -2.11. The second-order valence-corrected chi connectivity index (χ2v) is 4.83. The van der Waals surface area contributed by atoms with Crippen molar-refractivity contribution in [1.29, 1.82) is 0 Å². The normalized spacial score (nSPS) is 10.4. The van der Waals surface area contributed by atoms with Gasteiger partial charge >= 0.3 is 0 Å². The molecule has 0 unspecified atom stereocenters. The van der Waals surface area contributed by atoms with Crippen molar-refractivity contribution in [3.8, 4) is 0 Å². The molecule has 0 aromatic carbocycles. The van der Waals surface area contributed by atoms with Crippen LogP contribution in [0.5, 0.6) is 0 Å². The number of carbonyl (C=O) groups excluding carboxylic acids is 2. The molecule has 0 aliphatic carbocycles. The first kappa shape index (κ1) is 15.1. The molecule has 104 valence electrons. The van der Waals surface area contributed by atoms with E-state index in [1.165, 1.54) is 0 Å². The lowest BCUT2D eigenvalue weighted by atomic mass is 10.2. The minimum Gasteiger partial charge on any atom is -0.324 e. The highest BCUT2D eigenvalue weighted by Crippen LogP contribution is 2.17. The average Bonchev–Trinajstić information content (AvgIpc) is 2.32. The predicted octanol–water partition coefficient (Wildman–Crippen LogP) is 2.72. The fourth-order valence-electron chi connectivity index (χ4n) is 1.46. The number of anilines is 2. The summed E-state index contributed by atoms with van der Waals surface area (Å²) in [6.45, 7) is 7.48. The van der Waals surface area contributed by atoms with Crippen LogP contribution in [0.1, 0.15) is 39.2 Å². The van der Waals surface area contributed by atoms with E-state index in [-0.39, 0.29) is 17.7 Å². The van der Waals surface area contributed by atoms with Crippen LogP contribution in [0.3, 0.4) is 0 Å². The number of amides is 2. The van der Waals surface area contributed by atoms with Crippen LogP contribution in [0, 0.1) is 12.8 Å². The van der Waals surface area contributed by atoms with Crippen LogP contribution in [-0.2, 0) is 9.59 Å². The van der Waals surface area contributed by atoms with Crippen molar-refractivity contribution >= 4 is 23.3 Å². The van der Waals surface area contributed by atoms with Crippen LogP contribution in [0.4, 0.5) is 11.5 Å². The van der Waals surface area contributed by atoms with Crippen molar-refractivity contribution in [2.45, 2.75) is 40.5 Å². The van der Waals surface area contributed by atoms with E-state index in [2.05, 4.69) is 15.6 Å². The van der Waals surface area contributed by atoms with Crippen molar-refractivity contribution in [3.63, 3.8) is 0 Å². The third-order valence-electron chi connectivity index (χ3n) is 2.64. The van der Waals surface area contributed by atoms with E-state index in [1.807, 2.05) is 27.7 Å². The zero-order valence-electron chi connectivity index (χ0n) is 11.9. The van der Waals surface area contributed by atoms with Gasteiger partial charge in [0.05, 0.1) is 11.9 Å². The highest BCUT2D eigenvalue weighted by molar-refractivity contribution is 5.93. The van der Waals surface area contributed by atoms with E-state index in [1.54, 1.807) is 12.3 Å². The quantitative estimate of drug-likeness (QED) is 0.858. The molecule has 0 saturated carbocycles. The van der Waals surface area contributed by atoms with Gasteiger partial charge in [-0.2, -0.15) is 0 Å². The summed E-state index contributed by atoms with van der Waals surface area (Å²) in [7, 11) is 0. The van der Waals surface area contributed by atoms with Gasteiger partial charge in [-0.05, 0) is 25.0 Å². The molecule has 19 heavy (non-hydrogen) atoms. The molecule has 0 fully saturated rings. The minimum atomic E-state index is -0.0802. The molecule has 1 rings (SSSR count). The monoisotopic (exact) mass is 263 g/mol. The van der Waals surface area contributed by atoms with Gasteiger partial charge in [-0.15, -0.1) is 0 Å². The molecular weight excluding hydrogens is 242 g/mol. The molecule has 0 atom stereocenters. The summed E-state index contributed by atoms with van der Waals surface area (Å²) < 4.78 is 0. The van der Waals surface area contributed by atoms with Gasteiger partial charge in [-0.1, -0.05) is 20.8 Å². The van der Waals surface area contributed by atoms with Gasteiger partial charge in [0.25, 0.3) is 0 Å². The van der Waals surface area contributed by atoms with Crippen LogP contribution in [0.25, 0.3) is 0 Å². The molecule has 2 amide bonds. The SMILES string of the molecule is CCCC(=O)Nc1cc(C)c(NC(=O)C(C)C)cn1. The number of nitrogens with zero attached hydrogens (tertiary/aromatic N) is 1. The van der Waals surface area contributed by atoms with Gasteiger partial charge in [0.15, 0.2) is 0 Å². The summed E-state index contributed by atoms with van der Waals surface area (Å²) in [5, 5.41) is 5.53. The van der Waals surface area contributed by atoms with E-state index in [0.29, 0.717) is 17.9 Å². The number of carbonyl (C=O) groups is 2. The molecule has 0 aliphatic rings. The molecule has 0 saturated heterocycles. The first-order chi connectivity index (χ1) is 8.93. The van der Waals surface area contributed by atoms with Crippen LogP contribution >= 0.6 is 0 Å². The maximum atomic E-state index is 11.6. The Morgan fingerprint density at radius 3 is 2.53 bits per heavy atom. The lowest BCUT2D eigenvalue weighted by Crippen LogP contribution is -2.19. The number of pyridine rings is 1. The van der Waals surface area contributed by atoms with E-state index in [0.717, 1.165) is 12.0 Å². The average molecular weight is 263 g/mol. The molecule has 0 spiro atoms. The summed E-state index contributed by atoms with van der Waals surface area (Å²) in [6.07, 6.45) is 2.84. The molecule has 5 nitrogen and oxygen atoms in total. The number of hydrogen-bond donors (Lipinski definition) is 2. The van der Waals surface area contributed by atoms with Crippen LogP contribution in [-0.4, -0.2) is 16.8 Å². The van der Waals surface area contributed by atoms with Crippen LogP contribution < -0.4 is 10.6 Å². The Morgan fingerprint density at radius 2 is 2.00 bits per heavy atom. The molecule has 1 aromatic rings. The Labute approximate surface area is 113 Å². The molecule has 0 bridgehead atoms. The van der Waals surface area contributed by atoms with E-state index < -0.39 is 0 Å². The predicted molar refractivity (Wildman–Crippen MR) is 76.0 cm³/mol. The smallest absolute Gasteiger partial charge is 0.226 e.